The van der Waals surface area contributed by atoms with Crippen molar-refractivity contribution in [2.24, 2.45) is 0 Å². The van der Waals surface area contributed by atoms with Crippen LogP contribution in [0.2, 0.25) is 0 Å². The molecule has 3 rings (SSSR count). The molecular weight excluding hydrogens is 341 g/mol. The summed E-state index contributed by atoms with van der Waals surface area (Å²) < 4.78 is 13.0. The molecule has 1 saturated heterocycles. The van der Waals surface area contributed by atoms with Crippen molar-refractivity contribution in [2.75, 3.05) is 37.6 Å². The highest BCUT2D eigenvalue weighted by Gasteiger charge is 2.21. The number of amides is 1. The van der Waals surface area contributed by atoms with Crippen molar-refractivity contribution < 1.29 is 9.18 Å². The molecule has 27 heavy (non-hydrogen) atoms. The molecule has 0 aliphatic carbocycles. The van der Waals surface area contributed by atoms with Gasteiger partial charge in [0.1, 0.15) is 5.82 Å². The van der Waals surface area contributed by atoms with E-state index in [0.717, 1.165) is 31.7 Å². The zero-order valence-electron chi connectivity index (χ0n) is 16.3. The van der Waals surface area contributed by atoms with E-state index in [4.69, 9.17) is 0 Å². The van der Waals surface area contributed by atoms with Crippen LogP contribution >= 0.6 is 0 Å². The Morgan fingerprint density at radius 3 is 2.41 bits per heavy atom. The molecule has 1 atom stereocenters. The summed E-state index contributed by atoms with van der Waals surface area (Å²) in [4.78, 5) is 17.0. The van der Waals surface area contributed by atoms with Gasteiger partial charge in [-0.05, 0) is 55.7 Å². The second-order valence-corrected chi connectivity index (χ2v) is 7.32. The van der Waals surface area contributed by atoms with Crippen LogP contribution in [-0.2, 0) is 4.79 Å². The van der Waals surface area contributed by atoms with Gasteiger partial charge in [0, 0.05) is 31.9 Å². The van der Waals surface area contributed by atoms with Crippen LogP contribution in [0.5, 0.6) is 0 Å². The molecule has 0 spiro atoms. The maximum absolute atomic E-state index is 13.0. The Labute approximate surface area is 161 Å². The quantitative estimate of drug-likeness (QED) is 0.877. The van der Waals surface area contributed by atoms with E-state index in [1.165, 1.54) is 28.9 Å². The van der Waals surface area contributed by atoms with Gasteiger partial charge >= 0.3 is 0 Å². The fraction of sp³-hybridized carbons (Fsp3) is 0.409. The average Bonchev–Trinajstić information content (AvgIpc) is 2.65. The molecule has 5 heteroatoms. The number of hydrogen-bond donors (Lipinski definition) is 1. The summed E-state index contributed by atoms with van der Waals surface area (Å²) in [6, 6.07) is 12.6. The Hall–Kier alpha value is -2.40. The minimum atomic E-state index is -0.265. The van der Waals surface area contributed by atoms with Crippen molar-refractivity contribution in [3.05, 3.63) is 65.0 Å². The summed E-state index contributed by atoms with van der Waals surface area (Å²) in [5.74, 6) is -0.258. The number of carbonyl (C=O) groups is 1. The summed E-state index contributed by atoms with van der Waals surface area (Å²) in [6.07, 6.45) is 0. The van der Waals surface area contributed by atoms with Crippen molar-refractivity contribution >= 4 is 11.6 Å². The van der Waals surface area contributed by atoms with E-state index in [1.807, 2.05) is 6.92 Å². The molecule has 0 bridgehead atoms. The van der Waals surface area contributed by atoms with Gasteiger partial charge in [0.05, 0.1) is 12.6 Å². The van der Waals surface area contributed by atoms with Gasteiger partial charge in [-0.2, -0.15) is 0 Å². The molecule has 1 unspecified atom stereocenters. The summed E-state index contributed by atoms with van der Waals surface area (Å²) in [6.45, 7) is 10.2. The number of benzene rings is 2. The normalized spacial score (nSPS) is 16.2. The van der Waals surface area contributed by atoms with E-state index in [2.05, 4.69) is 47.2 Å². The van der Waals surface area contributed by atoms with E-state index < -0.39 is 0 Å². The smallest absolute Gasteiger partial charge is 0.234 e. The minimum absolute atomic E-state index is 0.00649. The van der Waals surface area contributed by atoms with Crippen LogP contribution in [0.3, 0.4) is 0 Å². The average molecular weight is 369 g/mol. The molecule has 1 heterocycles. The predicted molar refractivity (Wildman–Crippen MR) is 108 cm³/mol. The van der Waals surface area contributed by atoms with Crippen molar-refractivity contribution in [2.45, 2.75) is 26.8 Å². The van der Waals surface area contributed by atoms with Crippen LogP contribution in [-0.4, -0.2) is 43.5 Å². The standard InChI is InChI=1S/C22H28FN3O/c1-16-5-4-6-21(17(16)2)26-13-11-25(12-14-26)15-22(27)24-18(3)19-7-9-20(23)10-8-19/h4-10,18H,11-15H2,1-3H3,(H,24,27). The first-order chi connectivity index (χ1) is 12.9. The van der Waals surface area contributed by atoms with Crippen LogP contribution in [0.25, 0.3) is 0 Å². The molecular formula is C22H28FN3O. The highest BCUT2D eigenvalue weighted by atomic mass is 19.1. The predicted octanol–water partition coefficient (Wildman–Crippen LogP) is 3.44. The highest BCUT2D eigenvalue weighted by molar-refractivity contribution is 5.78. The van der Waals surface area contributed by atoms with Crippen LogP contribution in [0.4, 0.5) is 10.1 Å². The van der Waals surface area contributed by atoms with E-state index in [9.17, 15) is 9.18 Å². The third-order valence-electron chi connectivity index (χ3n) is 5.40. The first-order valence-corrected chi connectivity index (χ1v) is 9.52. The van der Waals surface area contributed by atoms with Gasteiger partial charge in [-0.25, -0.2) is 4.39 Å². The minimum Gasteiger partial charge on any atom is -0.369 e. The second-order valence-electron chi connectivity index (χ2n) is 7.32. The molecule has 1 fully saturated rings. The third kappa shape index (κ3) is 4.86. The third-order valence-corrected chi connectivity index (χ3v) is 5.40. The van der Waals surface area contributed by atoms with E-state index in [-0.39, 0.29) is 17.8 Å². The summed E-state index contributed by atoms with van der Waals surface area (Å²) in [7, 11) is 0. The maximum Gasteiger partial charge on any atom is 0.234 e. The van der Waals surface area contributed by atoms with Crippen molar-refractivity contribution in [3.8, 4) is 0 Å². The first kappa shape index (κ1) is 19.4. The SMILES string of the molecule is Cc1cccc(N2CCN(CC(=O)NC(C)c3ccc(F)cc3)CC2)c1C. The molecule has 1 aliphatic heterocycles. The number of piperazine rings is 1. The zero-order valence-corrected chi connectivity index (χ0v) is 16.3. The molecule has 0 saturated carbocycles. The fourth-order valence-corrected chi connectivity index (χ4v) is 3.55. The number of hydrogen-bond acceptors (Lipinski definition) is 3. The van der Waals surface area contributed by atoms with Crippen molar-refractivity contribution in [1.29, 1.82) is 0 Å². The second kappa shape index (κ2) is 8.53. The lowest BCUT2D eigenvalue weighted by atomic mass is 10.1. The highest BCUT2D eigenvalue weighted by Crippen LogP contribution is 2.23. The largest absolute Gasteiger partial charge is 0.369 e. The summed E-state index contributed by atoms with van der Waals surface area (Å²) in [5, 5.41) is 3.01. The van der Waals surface area contributed by atoms with Gasteiger partial charge in [0.25, 0.3) is 0 Å². The molecule has 1 N–H and O–H groups in total. The lowest BCUT2D eigenvalue weighted by Gasteiger charge is -2.36. The lowest BCUT2D eigenvalue weighted by Crippen LogP contribution is -2.49. The van der Waals surface area contributed by atoms with Gasteiger partial charge in [-0.15, -0.1) is 0 Å². The summed E-state index contributed by atoms with van der Waals surface area (Å²) >= 11 is 0. The van der Waals surface area contributed by atoms with Crippen LogP contribution < -0.4 is 10.2 Å². The Balaban J connectivity index is 1.49. The Bertz CT molecular complexity index is 783. The first-order valence-electron chi connectivity index (χ1n) is 9.52. The monoisotopic (exact) mass is 369 g/mol. The van der Waals surface area contributed by atoms with E-state index >= 15 is 0 Å². The number of anilines is 1. The molecule has 0 radical (unpaired) electrons. The number of carbonyl (C=O) groups excluding carboxylic acids is 1. The Kier molecular flexibility index (Phi) is 6.11. The number of rotatable bonds is 5. The van der Waals surface area contributed by atoms with Crippen LogP contribution in [0.15, 0.2) is 42.5 Å². The zero-order chi connectivity index (χ0) is 19.4. The van der Waals surface area contributed by atoms with Crippen molar-refractivity contribution in [1.82, 2.24) is 10.2 Å². The van der Waals surface area contributed by atoms with E-state index in [0.29, 0.717) is 6.54 Å². The molecule has 0 aromatic heterocycles. The number of aryl methyl sites for hydroxylation is 1. The van der Waals surface area contributed by atoms with Gasteiger partial charge in [0.15, 0.2) is 0 Å². The van der Waals surface area contributed by atoms with Crippen LogP contribution in [0, 0.1) is 19.7 Å². The number of nitrogens with one attached hydrogen (secondary N) is 1. The van der Waals surface area contributed by atoms with Gasteiger partial charge < -0.3 is 10.2 Å². The van der Waals surface area contributed by atoms with Crippen LogP contribution in [0.1, 0.15) is 29.7 Å². The topological polar surface area (TPSA) is 35.6 Å². The number of nitrogens with zero attached hydrogens (tertiary/aromatic N) is 2. The van der Waals surface area contributed by atoms with Gasteiger partial charge in [-0.3, -0.25) is 9.69 Å². The molecule has 2 aromatic carbocycles. The molecule has 2 aromatic rings. The lowest BCUT2D eigenvalue weighted by molar-refractivity contribution is -0.123. The van der Waals surface area contributed by atoms with E-state index in [1.54, 1.807) is 12.1 Å². The van der Waals surface area contributed by atoms with Gasteiger partial charge in [0.2, 0.25) is 5.91 Å². The Morgan fingerprint density at radius 2 is 1.74 bits per heavy atom. The Morgan fingerprint density at radius 1 is 1.07 bits per heavy atom. The molecule has 4 nitrogen and oxygen atoms in total. The van der Waals surface area contributed by atoms with Crippen molar-refractivity contribution in [3.63, 3.8) is 0 Å². The maximum atomic E-state index is 13.0. The van der Waals surface area contributed by atoms with Gasteiger partial charge in [-0.1, -0.05) is 24.3 Å². The summed E-state index contributed by atoms with van der Waals surface area (Å²) in [5.41, 5.74) is 4.84. The molecule has 1 aliphatic rings. The fourth-order valence-electron chi connectivity index (χ4n) is 3.55. The number of halogens is 1. The molecule has 1 amide bonds. The molecule has 144 valence electrons.